The normalized spacial score (nSPS) is 27.3. The quantitative estimate of drug-likeness (QED) is 0.601. The second kappa shape index (κ2) is 2.76. The van der Waals surface area contributed by atoms with Crippen molar-refractivity contribution in [3.05, 3.63) is 0 Å². The van der Waals surface area contributed by atoms with Gasteiger partial charge in [0.2, 0.25) is 5.91 Å². The zero-order valence-electron chi connectivity index (χ0n) is 7.59. The van der Waals surface area contributed by atoms with Crippen LogP contribution in [-0.4, -0.2) is 29.6 Å². The Labute approximate surface area is 72.2 Å². The molecule has 1 fully saturated rings. The molecule has 1 aliphatic rings. The van der Waals surface area contributed by atoms with Crippen molar-refractivity contribution in [3.8, 4) is 6.07 Å². The Morgan fingerprint density at radius 1 is 1.75 bits per heavy atom. The highest BCUT2D eigenvalue weighted by atomic mass is 16.2. The number of hydrogen-bond acceptors (Lipinski definition) is 3. The zero-order chi connectivity index (χ0) is 9.35. The summed E-state index contributed by atoms with van der Waals surface area (Å²) in [6.45, 7) is 3.84. The maximum atomic E-state index is 11.4. The first kappa shape index (κ1) is 9.01. The number of nitrogens with zero attached hydrogens (tertiary/aromatic N) is 2. The molecule has 1 heterocycles. The van der Waals surface area contributed by atoms with Gasteiger partial charge in [-0.3, -0.25) is 10.1 Å². The van der Waals surface area contributed by atoms with E-state index < -0.39 is 0 Å². The second-order valence-corrected chi connectivity index (χ2v) is 3.52. The van der Waals surface area contributed by atoms with Crippen molar-refractivity contribution < 1.29 is 4.79 Å². The van der Waals surface area contributed by atoms with Gasteiger partial charge in [0.15, 0.2) is 0 Å². The van der Waals surface area contributed by atoms with Crippen molar-refractivity contribution >= 4 is 5.91 Å². The van der Waals surface area contributed by atoms with E-state index in [2.05, 4.69) is 5.32 Å². The van der Waals surface area contributed by atoms with E-state index in [1.54, 1.807) is 11.9 Å². The van der Waals surface area contributed by atoms with Crippen LogP contribution in [0.5, 0.6) is 0 Å². The number of hydrogen-bond donors (Lipinski definition) is 1. The Morgan fingerprint density at radius 2 is 2.33 bits per heavy atom. The zero-order valence-corrected chi connectivity index (χ0v) is 7.59. The van der Waals surface area contributed by atoms with Crippen LogP contribution in [0.15, 0.2) is 0 Å². The lowest BCUT2D eigenvalue weighted by Crippen LogP contribution is -2.45. The molecule has 66 valence electrons. The van der Waals surface area contributed by atoms with Gasteiger partial charge in [-0.2, -0.15) is 5.26 Å². The highest BCUT2D eigenvalue weighted by Gasteiger charge is 2.41. The Hall–Kier alpha value is -1.08. The van der Waals surface area contributed by atoms with E-state index >= 15 is 0 Å². The standard InChI is InChI=1S/C8H13N3O/c1-8(2)10-6(4-5-9)7(12)11(8)3/h6,10H,4H2,1-3H3. The van der Waals surface area contributed by atoms with Crippen LogP contribution in [0.4, 0.5) is 0 Å². The minimum Gasteiger partial charge on any atom is -0.327 e. The lowest BCUT2D eigenvalue weighted by atomic mass is 10.2. The first-order valence-electron chi connectivity index (χ1n) is 3.91. The molecule has 4 heteroatoms. The third kappa shape index (κ3) is 1.28. The van der Waals surface area contributed by atoms with Gasteiger partial charge in [0.1, 0.15) is 6.04 Å². The van der Waals surface area contributed by atoms with Crippen molar-refractivity contribution in [1.29, 1.82) is 5.26 Å². The molecule has 0 aliphatic carbocycles. The van der Waals surface area contributed by atoms with E-state index in [-0.39, 0.29) is 24.0 Å². The van der Waals surface area contributed by atoms with Crippen molar-refractivity contribution in [2.24, 2.45) is 0 Å². The molecule has 1 saturated heterocycles. The first-order chi connectivity index (χ1) is 5.49. The molecule has 1 aliphatic heterocycles. The van der Waals surface area contributed by atoms with Crippen LogP contribution < -0.4 is 5.32 Å². The monoisotopic (exact) mass is 167 g/mol. The molecule has 12 heavy (non-hydrogen) atoms. The third-order valence-corrected chi connectivity index (χ3v) is 2.29. The predicted octanol–water partition coefficient (Wildman–Crippen LogP) is 0.0664. The van der Waals surface area contributed by atoms with Crippen molar-refractivity contribution in [2.45, 2.75) is 32.0 Å². The van der Waals surface area contributed by atoms with Crippen LogP contribution in [0.3, 0.4) is 0 Å². The molecule has 1 unspecified atom stereocenters. The van der Waals surface area contributed by atoms with Gasteiger partial charge in [-0.15, -0.1) is 0 Å². The van der Waals surface area contributed by atoms with Gasteiger partial charge < -0.3 is 4.90 Å². The number of carbonyl (C=O) groups is 1. The topological polar surface area (TPSA) is 56.1 Å². The van der Waals surface area contributed by atoms with Crippen LogP contribution in [0.1, 0.15) is 20.3 Å². The number of rotatable bonds is 1. The van der Waals surface area contributed by atoms with E-state index in [1.165, 1.54) is 0 Å². The Kier molecular flexibility index (Phi) is 2.07. The fourth-order valence-corrected chi connectivity index (χ4v) is 1.32. The lowest BCUT2D eigenvalue weighted by molar-refractivity contribution is -0.129. The molecule has 0 bridgehead atoms. The molecular weight excluding hydrogens is 154 g/mol. The maximum absolute atomic E-state index is 11.4. The van der Waals surface area contributed by atoms with E-state index in [0.29, 0.717) is 0 Å². The molecule has 1 rings (SSSR count). The predicted molar refractivity (Wildman–Crippen MR) is 44.0 cm³/mol. The van der Waals surface area contributed by atoms with E-state index in [9.17, 15) is 4.79 Å². The molecule has 0 radical (unpaired) electrons. The van der Waals surface area contributed by atoms with Crippen LogP contribution in [0.2, 0.25) is 0 Å². The second-order valence-electron chi connectivity index (χ2n) is 3.52. The first-order valence-corrected chi connectivity index (χ1v) is 3.91. The van der Waals surface area contributed by atoms with Crippen molar-refractivity contribution in [3.63, 3.8) is 0 Å². The summed E-state index contributed by atoms with van der Waals surface area (Å²) in [4.78, 5) is 13.1. The summed E-state index contributed by atoms with van der Waals surface area (Å²) in [6, 6.07) is 1.66. The average Bonchev–Trinajstić information content (AvgIpc) is 2.16. The third-order valence-electron chi connectivity index (χ3n) is 2.29. The summed E-state index contributed by atoms with van der Waals surface area (Å²) in [6.07, 6.45) is 0.243. The number of nitrogens with one attached hydrogen (secondary N) is 1. The molecule has 0 spiro atoms. The van der Waals surface area contributed by atoms with Crippen molar-refractivity contribution in [1.82, 2.24) is 10.2 Å². The summed E-state index contributed by atoms with van der Waals surface area (Å²) in [5, 5.41) is 11.5. The Morgan fingerprint density at radius 3 is 2.67 bits per heavy atom. The molecule has 1 atom stereocenters. The molecule has 0 aromatic heterocycles. The van der Waals surface area contributed by atoms with Crippen molar-refractivity contribution in [2.75, 3.05) is 7.05 Å². The van der Waals surface area contributed by atoms with Gasteiger partial charge in [-0.1, -0.05) is 0 Å². The molecule has 0 saturated carbocycles. The fourth-order valence-electron chi connectivity index (χ4n) is 1.32. The Bertz CT molecular complexity index is 241. The molecule has 1 amide bonds. The molecule has 1 N–H and O–H groups in total. The summed E-state index contributed by atoms with van der Waals surface area (Å²) in [5.41, 5.74) is -0.321. The van der Waals surface area contributed by atoms with Gasteiger partial charge in [-0.05, 0) is 13.8 Å². The minimum absolute atomic E-state index is 0.00144. The highest BCUT2D eigenvalue weighted by Crippen LogP contribution is 2.19. The largest absolute Gasteiger partial charge is 0.327 e. The summed E-state index contributed by atoms with van der Waals surface area (Å²) in [7, 11) is 1.74. The molecule has 4 nitrogen and oxygen atoms in total. The van der Waals surface area contributed by atoms with Crippen LogP contribution in [0, 0.1) is 11.3 Å². The summed E-state index contributed by atoms with van der Waals surface area (Å²) >= 11 is 0. The van der Waals surface area contributed by atoms with E-state index in [1.807, 2.05) is 19.9 Å². The van der Waals surface area contributed by atoms with Gasteiger partial charge in [0.25, 0.3) is 0 Å². The average molecular weight is 167 g/mol. The van der Waals surface area contributed by atoms with Crippen LogP contribution in [0.25, 0.3) is 0 Å². The van der Waals surface area contributed by atoms with Crippen LogP contribution >= 0.6 is 0 Å². The van der Waals surface area contributed by atoms with Gasteiger partial charge in [0, 0.05) is 7.05 Å². The smallest absolute Gasteiger partial charge is 0.242 e. The number of amides is 1. The maximum Gasteiger partial charge on any atom is 0.242 e. The van der Waals surface area contributed by atoms with Crippen LogP contribution in [-0.2, 0) is 4.79 Å². The molecule has 0 aromatic carbocycles. The lowest BCUT2D eigenvalue weighted by Gasteiger charge is -2.26. The summed E-state index contributed by atoms with van der Waals surface area (Å²) < 4.78 is 0. The van der Waals surface area contributed by atoms with Gasteiger partial charge >= 0.3 is 0 Å². The summed E-state index contributed by atoms with van der Waals surface area (Å²) in [5.74, 6) is 0.00144. The van der Waals surface area contributed by atoms with Gasteiger partial charge in [0.05, 0.1) is 18.2 Å². The number of nitriles is 1. The Balaban J connectivity index is 2.76. The SMILES string of the molecule is CN1C(=O)C(CC#N)NC1(C)C. The highest BCUT2D eigenvalue weighted by molar-refractivity contribution is 5.84. The minimum atomic E-state index is -0.324. The number of likely N-dealkylation sites (N-methyl/N-ethyl adjacent to an activating group) is 1. The van der Waals surface area contributed by atoms with Gasteiger partial charge in [-0.25, -0.2) is 0 Å². The van der Waals surface area contributed by atoms with E-state index in [0.717, 1.165) is 0 Å². The fraction of sp³-hybridized carbons (Fsp3) is 0.750. The molecular formula is C8H13N3O. The van der Waals surface area contributed by atoms with E-state index in [4.69, 9.17) is 5.26 Å². The number of carbonyl (C=O) groups excluding carboxylic acids is 1. The molecule has 0 aromatic rings.